The molecule has 0 aromatic heterocycles. The van der Waals surface area contributed by atoms with Gasteiger partial charge in [0.1, 0.15) is 12.5 Å². The first-order valence-electron chi connectivity index (χ1n) is 3.23. The molecule has 0 saturated carbocycles. The summed E-state index contributed by atoms with van der Waals surface area (Å²) in [6, 6.07) is 0. The maximum atomic E-state index is 4.26. The van der Waals surface area contributed by atoms with Crippen molar-refractivity contribution >= 4 is 5.84 Å². The monoisotopic (exact) mass is 127 g/mol. The van der Waals surface area contributed by atoms with Crippen molar-refractivity contribution in [2.45, 2.75) is 13.3 Å². The molecule has 0 amide bonds. The lowest BCUT2D eigenvalue weighted by molar-refractivity contribution is 0.302. The van der Waals surface area contributed by atoms with E-state index in [1.807, 2.05) is 12.1 Å². The van der Waals surface area contributed by atoms with Crippen molar-refractivity contribution in [1.82, 2.24) is 9.91 Å². The average Bonchev–Trinajstić information content (AvgIpc) is 2.10. The number of hydrazone groups is 1. The molecular formula is C6H13N3. The van der Waals surface area contributed by atoms with Gasteiger partial charge in [-0.25, -0.2) is 0 Å². The molecule has 1 aliphatic rings. The molecule has 0 radical (unpaired) electrons. The molecule has 0 aliphatic carbocycles. The van der Waals surface area contributed by atoms with Gasteiger partial charge < -0.3 is 4.90 Å². The van der Waals surface area contributed by atoms with Gasteiger partial charge in [0, 0.05) is 20.5 Å². The van der Waals surface area contributed by atoms with Crippen molar-refractivity contribution in [1.29, 1.82) is 0 Å². The second-order valence-electron chi connectivity index (χ2n) is 2.37. The largest absolute Gasteiger partial charge is 0.343 e. The minimum atomic E-state index is 0.934. The van der Waals surface area contributed by atoms with Crippen LogP contribution < -0.4 is 0 Å². The van der Waals surface area contributed by atoms with Crippen LogP contribution in [0.5, 0.6) is 0 Å². The fourth-order valence-electron chi connectivity index (χ4n) is 1.03. The Hall–Kier alpha value is -0.730. The summed E-state index contributed by atoms with van der Waals surface area (Å²) < 4.78 is 0. The predicted molar refractivity (Wildman–Crippen MR) is 38.1 cm³/mol. The van der Waals surface area contributed by atoms with Crippen molar-refractivity contribution in [3.05, 3.63) is 0 Å². The molecule has 0 spiro atoms. The normalized spacial score (nSPS) is 18.8. The van der Waals surface area contributed by atoms with Crippen molar-refractivity contribution in [2.75, 3.05) is 20.8 Å². The first-order chi connectivity index (χ1) is 4.24. The van der Waals surface area contributed by atoms with Crippen molar-refractivity contribution in [3.63, 3.8) is 0 Å². The summed E-state index contributed by atoms with van der Waals surface area (Å²) in [7, 11) is 4.05. The first kappa shape index (κ1) is 6.39. The second-order valence-corrected chi connectivity index (χ2v) is 2.37. The first-order valence-corrected chi connectivity index (χ1v) is 3.23. The third-order valence-corrected chi connectivity index (χ3v) is 1.46. The van der Waals surface area contributed by atoms with E-state index < -0.39 is 0 Å². The maximum absolute atomic E-state index is 4.26. The highest BCUT2D eigenvalue weighted by molar-refractivity contribution is 5.82. The van der Waals surface area contributed by atoms with Crippen LogP contribution in [0, 0.1) is 0 Å². The molecule has 0 N–H and O–H groups in total. The van der Waals surface area contributed by atoms with Crippen molar-refractivity contribution in [2.24, 2.45) is 5.10 Å². The number of hydrogen-bond donors (Lipinski definition) is 0. The Morgan fingerprint density at radius 3 is 2.44 bits per heavy atom. The number of amidine groups is 1. The Bertz CT molecular complexity index is 130. The molecule has 0 unspecified atom stereocenters. The van der Waals surface area contributed by atoms with Crippen LogP contribution in [0.15, 0.2) is 5.10 Å². The van der Waals surface area contributed by atoms with E-state index >= 15 is 0 Å². The van der Waals surface area contributed by atoms with Crippen LogP contribution in [-0.2, 0) is 0 Å². The summed E-state index contributed by atoms with van der Waals surface area (Å²) >= 11 is 0. The molecule has 9 heavy (non-hydrogen) atoms. The van der Waals surface area contributed by atoms with E-state index in [0.717, 1.165) is 13.1 Å². The zero-order valence-electron chi connectivity index (χ0n) is 6.26. The van der Waals surface area contributed by atoms with E-state index in [0.29, 0.717) is 0 Å². The molecular weight excluding hydrogens is 114 g/mol. The van der Waals surface area contributed by atoms with Crippen LogP contribution in [0.4, 0.5) is 0 Å². The van der Waals surface area contributed by atoms with Gasteiger partial charge in [0.15, 0.2) is 0 Å². The van der Waals surface area contributed by atoms with Gasteiger partial charge in [-0.3, -0.25) is 5.01 Å². The van der Waals surface area contributed by atoms with E-state index in [1.165, 1.54) is 5.84 Å². The summed E-state index contributed by atoms with van der Waals surface area (Å²) in [5.41, 5.74) is 0. The minimum absolute atomic E-state index is 0.934. The highest BCUT2D eigenvalue weighted by Gasteiger charge is 2.13. The van der Waals surface area contributed by atoms with E-state index in [-0.39, 0.29) is 0 Å². The molecule has 0 atom stereocenters. The summed E-state index contributed by atoms with van der Waals surface area (Å²) in [6.07, 6.45) is 1.03. The molecule has 52 valence electrons. The molecule has 1 heterocycles. The molecule has 0 aromatic rings. The van der Waals surface area contributed by atoms with Gasteiger partial charge in [-0.15, -0.1) is 0 Å². The van der Waals surface area contributed by atoms with Gasteiger partial charge in [-0.1, -0.05) is 6.92 Å². The van der Waals surface area contributed by atoms with E-state index in [1.54, 1.807) is 0 Å². The van der Waals surface area contributed by atoms with Gasteiger partial charge in [0.25, 0.3) is 0 Å². The van der Waals surface area contributed by atoms with Crippen LogP contribution >= 0.6 is 0 Å². The van der Waals surface area contributed by atoms with Gasteiger partial charge >= 0.3 is 0 Å². The van der Waals surface area contributed by atoms with Crippen molar-refractivity contribution < 1.29 is 0 Å². The second kappa shape index (κ2) is 2.25. The van der Waals surface area contributed by atoms with Gasteiger partial charge in [-0.2, -0.15) is 5.10 Å². The third kappa shape index (κ3) is 1.15. The molecule has 3 heteroatoms. The molecule has 0 saturated heterocycles. The maximum Gasteiger partial charge on any atom is 0.125 e. The quantitative estimate of drug-likeness (QED) is 0.512. The van der Waals surface area contributed by atoms with Gasteiger partial charge in [0.05, 0.1) is 0 Å². The highest BCUT2D eigenvalue weighted by Crippen LogP contribution is 2.04. The Balaban J connectivity index is 2.57. The predicted octanol–water partition coefficient (Wildman–Crippen LogP) is 0.545. The number of hydrogen-bond acceptors (Lipinski definition) is 3. The van der Waals surface area contributed by atoms with Crippen LogP contribution in [0.3, 0.4) is 0 Å². The van der Waals surface area contributed by atoms with Crippen LogP contribution in [-0.4, -0.2) is 36.5 Å². The lowest BCUT2D eigenvalue weighted by atomic mass is 10.4. The fourth-order valence-corrected chi connectivity index (χ4v) is 1.03. The Morgan fingerprint density at radius 1 is 1.56 bits per heavy atom. The van der Waals surface area contributed by atoms with Crippen LogP contribution in [0.1, 0.15) is 13.3 Å². The highest BCUT2D eigenvalue weighted by atomic mass is 15.6. The summed E-state index contributed by atoms with van der Waals surface area (Å²) in [5, 5.41) is 6.21. The molecule has 1 aliphatic heterocycles. The zero-order valence-corrected chi connectivity index (χ0v) is 6.26. The fraction of sp³-hybridized carbons (Fsp3) is 0.833. The van der Waals surface area contributed by atoms with E-state index in [4.69, 9.17) is 0 Å². The molecule has 0 aromatic carbocycles. The topological polar surface area (TPSA) is 18.8 Å². The molecule has 3 nitrogen and oxygen atoms in total. The minimum Gasteiger partial charge on any atom is -0.343 e. The molecule has 0 bridgehead atoms. The van der Waals surface area contributed by atoms with Gasteiger partial charge in [-0.05, 0) is 0 Å². The lowest BCUT2D eigenvalue weighted by Crippen LogP contribution is -2.24. The van der Waals surface area contributed by atoms with Crippen molar-refractivity contribution in [3.8, 4) is 0 Å². The lowest BCUT2D eigenvalue weighted by Gasteiger charge is -2.11. The van der Waals surface area contributed by atoms with E-state index in [2.05, 4.69) is 24.0 Å². The number of rotatable bonds is 1. The van der Waals surface area contributed by atoms with Crippen LogP contribution in [0.25, 0.3) is 0 Å². The molecule has 1 rings (SSSR count). The Labute approximate surface area is 55.9 Å². The van der Waals surface area contributed by atoms with Crippen LogP contribution in [0.2, 0.25) is 0 Å². The summed E-state index contributed by atoms with van der Waals surface area (Å²) in [6.45, 7) is 3.05. The third-order valence-electron chi connectivity index (χ3n) is 1.46. The van der Waals surface area contributed by atoms with E-state index in [9.17, 15) is 0 Å². The Kier molecular flexibility index (Phi) is 1.60. The zero-order chi connectivity index (χ0) is 6.85. The SMILES string of the molecule is CCC1=NN(C)CN1C. The smallest absolute Gasteiger partial charge is 0.125 e. The Morgan fingerprint density at radius 2 is 2.22 bits per heavy atom. The number of nitrogens with zero attached hydrogens (tertiary/aromatic N) is 3. The molecule has 0 fully saturated rings. The standard InChI is InChI=1S/C6H13N3/c1-4-6-7-9(3)5-8(6)2/h4-5H2,1-3H3. The summed E-state index contributed by atoms with van der Waals surface area (Å²) in [4.78, 5) is 2.15. The summed E-state index contributed by atoms with van der Waals surface area (Å²) in [5.74, 6) is 1.18. The average molecular weight is 127 g/mol. The van der Waals surface area contributed by atoms with Gasteiger partial charge in [0.2, 0.25) is 0 Å².